The van der Waals surface area contributed by atoms with Crippen molar-refractivity contribution in [3.05, 3.63) is 107 Å². The molecule has 3 aromatic carbocycles. The molecule has 2 fully saturated rings. The fourth-order valence-corrected chi connectivity index (χ4v) is 7.54. The number of fused-ring (bicyclic) bond motifs is 6. The summed E-state index contributed by atoms with van der Waals surface area (Å²) in [4.78, 5) is 59.9. The third-order valence-corrected chi connectivity index (χ3v) is 9.77. The zero-order chi connectivity index (χ0) is 31.4. The maximum absolute atomic E-state index is 13.7. The number of aromatic nitrogens is 1. The van der Waals surface area contributed by atoms with Gasteiger partial charge in [0.1, 0.15) is 0 Å². The molecule has 1 saturated heterocycles. The van der Waals surface area contributed by atoms with Crippen LogP contribution in [0.1, 0.15) is 53.8 Å². The summed E-state index contributed by atoms with van der Waals surface area (Å²) in [6, 6.07) is 22.6. The second kappa shape index (κ2) is 11.4. The van der Waals surface area contributed by atoms with E-state index in [9.17, 15) is 19.2 Å². The van der Waals surface area contributed by atoms with Crippen LogP contribution < -0.4 is 4.90 Å². The number of ketones is 1. The van der Waals surface area contributed by atoms with Gasteiger partial charge in [0, 0.05) is 16.5 Å². The highest BCUT2D eigenvalue weighted by molar-refractivity contribution is 6.35. The highest BCUT2D eigenvalue weighted by atomic mass is 35.5. The average Bonchev–Trinajstić information content (AvgIpc) is 3.70. The molecule has 2 heterocycles. The van der Waals surface area contributed by atoms with Crippen LogP contribution in [0, 0.1) is 23.7 Å². The molecule has 226 valence electrons. The van der Waals surface area contributed by atoms with Crippen LogP contribution in [0.3, 0.4) is 0 Å². The number of imide groups is 1. The standard InChI is InChI=1S/C37H31ClN2O5/c1-3-8-30(34(41)22-9-5-4-6-10-22)45-37(44)27-19-29(39-33-25(27)11-7-12-28(33)38)21-13-15-24(16-14-21)40-35(42)31-23-17-20(2)26(18-23)32(31)36(40)43/h4-7,9-17,19,23,26,30-32H,3,8,18H2,1-2H3. The van der Waals surface area contributed by atoms with Gasteiger partial charge in [-0.3, -0.25) is 19.3 Å². The van der Waals surface area contributed by atoms with Crippen LogP contribution in [-0.2, 0) is 14.3 Å². The van der Waals surface area contributed by atoms with Gasteiger partial charge in [-0.05, 0) is 55.9 Å². The molecule has 0 spiro atoms. The van der Waals surface area contributed by atoms with E-state index in [0.29, 0.717) is 51.3 Å². The number of pyridine rings is 1. The molecule has 8 heteroatoms. The van der Waals surface area contributed by atoms with Crippen molar-refractivity contribution in [3.63, 3.8) is 0 Å². The predicted molar refractivity (Wildman–Crippen MR) is 172 cm³/mol. The van der Waals surface area contributed by atoms with Crippen molar-refractivity contribution in [1.29, 1.82) is 0 Å². The SMILES string of the molecule is CCCC(OC(=O)c1cc(-c2ccc(N3C(=O)C4C5C=C(C)C(C5)C4C3=O)cc2)nc2c(Cl)cccc12)C(=O)c1ccccc1. The lowest BCUT2D eigenvalue weighted by Gasteiger charge is -2.19. The molecule has 45 heavy (non-hydrogen) atoms. The van der Waals surface area contributed by atoms with Gasteiger partial charge in [0.2, 0.25) is 17.6 Å². The number of carbonyl (C=O) groups is 4. The van der Waals surface area contributed by atoms with Gasteiger partial charge < -0.3 is 4.74 Å². The van der Waals surface area contributed by atoms with E-state index in [1.165, 1.54) is 10.5 Å². The van der Waals surface area contributed by atoms with Crippen LogP contribution in [0.2, 0.25) is 5.02 Å². The molecule has 5 unspecified atom stereocenters. The topological polar surface area (TPSA) is 93.6 Å². The fraction of sp³-hybridized carbons (Fsp3) is 0.270. The van der Waals surface area contributed by atoms with Crippen LogP contribution in [0.15, 0.2) is 90.5 Å². The predicted octanol–water partition coefficient (Wildman–Crippen LogP) is 7.47. The summed E-state index contributed by atoms with van der Waals surface area (Å²) in [5.41, 5.74) is 3.98. The average molecular weight is 619 g/mol. The minimum absolute atomic E-state index is 0.130. The van der Waals surface area contributed by atoms with Gasteiger partial charge in [0.05, 0.1) is 39.3 Å². The van der Waals surface area contributed by atoms with Crippen LogP contribution in [0.5, 0.6) is 0 Å². The minimum atomic E-state index is -0.945. The largest absolute Gasteiger partial charge is 0.450 e. The van der Waals surface area contributed by atoms with Crippen molar-refractivity contribution in [2.75, 3.05) is 4.90 Å². The Labute approximate surface area is 265 Å². The Bertz CT molecular complexity index is 1900. The number of rotatable bonds is 8. The Kier molecular flexibility index (Phi) is 7.37. The lowest BCUT2D eigenvalue weighted by atomic mass is 9.82. The van der Waals surface area contributed by atoms with E-state index in [4.69, 9.17) is 21.3 Å². The summed E-state index contributed by atoms with van der Waals surface area (Å²) in [5, 5.41) is 0.873. The van der Waals surface area contributed by atoms with Crippen LogP contribution in [0.25, 0.3) is 22.2 Å². The van der Waals surface area contributed by atoms with Gasteiger partial charge in [0.15, 0.2) is 6.10 Å². The molecule has 5 atom stereocenters. The van der Waals surface area contributed by atoms with Crippen LogP contribution >= 0.6 is 11.6 Å². The zero-order valence-corrected chi connectivity index (χ0v) is 25.7. The van der Waals surface area contributed by atoms with E-state index in [1.54, 1.807) is 72.8 Å². The summed E-state index contributed by atoms with van der Waals surface area (Å²) in [5.74, 6) is -1.47. The van der Waals surface area contributed by atoms with E-state index in [-0.39, 0.29) is 46.8 Å². The molecule has 0 N–H and O–H groups in total. The van der Waals surface area contributed by atoms with Crippen LogP contribution in [0.4, 0.5) is 5.69 Å². The first-order valence-corrected chi connectivity index (χ1v) is 15.7. The smallest absolute Gasteiger partial charge is 0.339 e. The molecular weight excluding hydrogens is 588 g/mol. The first-order chi connectivity index (χ1) is 21.8. The number of carbonyl (C=O) groups excluding carboxylic acids is 4. The molecule has 2 bridgehead atoms. The summed E-state index contributed by atoms with van der Waals surface area (Å²) in [7, 11) is 0. The van der Waals surface area contributed by atoms with E-state index in [1.807, 2.05) is 19.9 Å². The molecule has 3 aliphatic rings. The number of Topliss-reactive ketones (excluding diaryl/α,β-unsaturated/α-hetero) is 1. The Morgan fingerprint density at radius 3 is 2.44 bits per heavy atom. The van der Waals surface area contributed by atoms with Gasteiger partial charge in [-0.15, -0.1) is 0 Å². The lowest BCUT2D eigenvalue weighted by molar-refractivity contribution is -0.123. The lowest BCUT2D eigenvalue weighted by Crippen LogP contribution is -2.32. The van der Waals surface area contributed by atoms with E-state index in [2.05, 4.69) is 6.08 Å². The highest BCUT2D eigenvalue weighted by Gasteiger charge is 2.60. The molecule has 2 amide bonds. The number of benzene rings is 3. The van der Waals surface area contributed by atoms with Gasteiger partial charge in [0.25, 0.3) is 0 Å². The normalized spacial score (nSPS) is 22.5. The number of esters is 1. The number of allylic oxidation sites excluding steroid dienone is 2. The molecular formula is C37H31ClN2O5. The minimum Gasteiger partial charge on any atom is -0.450 e. The van der Waals surface area contributed by atoms with Crippen molar-refractivity contribution >= 4 is 51.8 Å². The van der Waals surface area contributed by atoms with Crippen LogP contribution in [-0.4, -0.2) is 34.7 Å². The molecule has 2 aliphatic carbocycles. The second-order valence-corrected chi connectivity index (χ2v) is 12.5. The molecule has 1 aromatic heterocycles. The van der Waals surface area contributed by atoms with Crippen molar-refractivity contribution in [3.8, 4) is 11.3 Å². The van der Waals surface area contributed by atoms with Gasteiger partial charge in [-0.1, -0.05) is 91.2 Å². The Hall–Kier alpha value is -4.62. The van der Waals surface area contributed by atoms with E-state index < -0.39 is 12.1 Å². The van der Waals surface area contributed by atoms with Crippen molar-refractivity contribution < 1.29 is 23.9 Å². The van der Waals surface area contributed by atoms with E-state index >= 15 is 0 Å². The summed E-state index contributed by atoms with van der Waals surface area (Å²) < 4.78 is 5.86. The molecule has 4 aromatic rings. The number of para-hydroxylation sites is 1. The summed E-state index contributed by atoms with van der Waals surface area (Å²) in [6.07, 6.45) is 3.12. The number of ether oxygens (including phenoxy) is 1. The van der Waals surface area contributed by atoms with Gasteiger partial charge in [-0.2, -0.15) is 0 Å². The number of nitrogens with zero attached hydrogens (tertiary/aromatic N) is 2. The first kappa shape index (κ1) is 29.1. The molecule has 1 saturated carbocycles. The Balaban J connectivity index is 1.20. The Morgan fingerprint density at radius 1 is 0.978 bits per heavy atom. The zero-order valence-electron chi connectivity index (χ0n) is 24.9. The maximum atomic E-state index is 13.7. The van der Waals surface area contributed by atoms with Crippen molar-refractivity contribution in [2.24, 2.45) is 23.7 Å². The third kappa shape index (κ3) is 4.86. The third-order valence-electron chi connectivity index (χ3n) is 9.46. The Morgan fingerprint density at radius 2 is 1.71 bits per heavy atom. The van der Waals surface area contributed by atoms with Gasteiger partial charge in [-0.25, -0.2) is 9.78 Å². The number of hydrogen-bond donors (Lipinski definition) is 0. The molecule has 1 aliphatic heterocycles. The first-order valence-electron chi connectivity index (χ1n) is 15.3. The molecule has 0 radical (unpaired) electrons. The number of halogens is 1. The monoisotopic (exact) mass is 618 g/mol. The highest BCUT2D eigenvalue weighted by Crippen LogP contribution is 2.56. The van der Waals surface area contributed by atoms with Crippen molar-refractivity contribution in [2.45, 2.75) is 39.2 Å². The molecule has 7 rings (SSSR count). The summed E-state index contributed by atoms with van der Waals surface area (Å²) >= 11 is 6.55. The van der Waals surface area contributed by atoms with E-state index in [0.717, 1.165) is 6.42 Å². The fourth-order valence-electron chi connectivity index (χ4n) is 7.33. The summed E-state index contributed by atoms with van der Waals surface area (Å²) in [6.45, 7) is 3.98. The second-order valence-electron chi connectivity index (χ2n) is 12.1. The number of hydrogen-bond acceptors (Lipinski definition) is 6. The van der Waals surface area contributed by atoms with Crippen molar-refractivity contribution in [1.82, 2.24) is 4.98 Å². The van der Waals surface area contributed by atoms with Gasteiger partial charge >= 0.3 is 5.97 Å². The quantitative estimate of drug-likeness (QED) is 0.0880. The molecule has 7 nitrogen and oxygen atoms in total. The number of amides is 2. The number of anilines is 1. The maximum Gasteiger partial charge on any atom is 0.339 e.